The predicted molar refractivity (Wildman–Crippen MR) is 51.2 cm³/mol. The molecule has 2 fully saturated rings. The predicted octanol–water partition coefficient (Wildman–Crippen LogP) is 1.10. The van der Waals surface area contributed by atoms with Crippen molar-refractivity contribution in [3.8, 4) is 0 Å². The summed E-state index contributed by atoms with van der Waals surface area (Å²) in [5.74, 6) is 0.282. The molecule has 1 saturated carbocycles. The maximum absolute atomic E-state index is 11.8. The molecular weight excluding hydrogens is 164 g/mol. The fourth-order valence-corrected chi connectivity index (χ4v) is 2.64. The second kappa shape index (κ2) is 2.98. The summed E-state index contributed by atoms with van der Waals surface area (Å²) < 4.78 is 0. The molecule has 0 aromatic heterocycles. The van der Waals surface area contributed by atoms with Crippen molar-refractivity contribution in [2.75, 3.05) is 7.05 Å². The van der Waals surface area contributed by atoms with Crippen molar-refractivity contribution in [1.82, 2.24) is 10.2 Å². The zero-order valence-electron chi connectivity index (χ0n) is 8.47. The molecule has 0 bridgehead atoms. The van der Waals surface area contributed by atoms with Gasteiger partial charge in [0.1, 0.15) is 0 Å². The lowest BCUT2D eigenvalue weighted by atomic mass is 10.1. The lowest BCUT2D eigenvalue weighted by molar-refractivity contribution is -0.130. The Kier molecular flexibility index (Phi) is 2.06. The van der Waals surface area contributed by atoms with Gasteiger partial charge in [-0.15, -0.1) is 0 Å². The number of carbonyl (C=O) groups excluding carboxylic acids is 1. The first-order valence-corrected chi connectivity index (χ1v) is 5.25. The number of likely N-dealkylation sites (N-methyl/N-ethyl adjacent to an activating group) is 1. The van der Waals surface area contributed by atoms with E-state index < -0.39 is 0 Å². The Bertz CT molecular complexity index is 221. The summed E-state index contributed by atoms with van der Waals surface area (Å²) in [6.45, 7) is 2.07. The van der Waals surface area contributed by atoms with Gasteiger partial charge in [-0.25, -0.2) is 0 Å². The summed E-state index contributed by atoms with van der Waals surface area (Å²) in [6.07, 6.45) is 5.67. The van der Waals surface area contributed by atoms with Crippen LogP contribution in [-0.4, -0.2) is 29.6 Å². The average molecular weight is 182 g/mol. The molecule has 0 aromatic rings. The maximum atomic E-state index is 11.8. The van der Waals surface area contributed by atoms with E-state index in [4.69, 9.17) is 0 Å². The molecule has 13 heavy (non-hydrogen) atoms. The Labute approximate surface area is 79.5 Å². The van der Waals surface area contributed by atoms with Gasteiger partial charge in [0.25, 0.3) is 0 Å². The van der Waals surface area contributed by atoms with Crippen molar-refractivity contribution in [3.05, 3.63) is 0 Å². The van der Waals surface area contributed by atoms with E-state index in [1.54, 1.807) is 0 Å². The van der Waals surface area contributed by atoms with Gasteiger partial charge in [0.05, 0.1) is 11.7 Å². The van der Waals surface area contributed by atoms with Gasteiger partial charge in [-0.2, -0.15) is 0 Å². The van der Waals surface area contributed by atoms with Crippen molar-refractivity contribution < 1.29 is 4.79 Å². The molecule has 1 aliphatic heterocycles. The van der Waals surface area contributed by atoms with Crippen LogP contribution in [0.15, 0.2) is 0 Å². The van der Waals surface area contributed by atoms with E-state index in [0.717, 1.165) is 19.3 Å². The highest BCUT2D eigenvalue weighted by atomic mass is 16.2. The molecule has 1 aliphatic carbocycles. The van der Waals surface area contributed by atoms with Crippen LogP contribution in [0.3, 0.4) is 0 Å². The standard InChI is InChI=1S/C10H18N2O/c1-3-8-9(13)12(2)10(11-8)6-4-5-7-10/h8,11H,3-7H2,1-2H3/t8-/m0/s1. The topological polar surface area (TPSA) is 32.3 Å². The minimum absolute atomic E-state index is 0.0256. The monoisotopic (exact) mass is 182 g/mol. The smallest absolute Gasteiger partial charge is 0.240 e. The number of carbonyl (C=O) groups is 1. The van der Waals surface area contributed by atoms with Gasteiger partial charge in [0.15, 0.2) is 0 Å². The van der Waals surface area contributed by atoms with Crippen LogP contribution < -0.4 is 5.32 Å². The van der Waals surface area contributed by atoms with E-state index >= 15 is 0 Å². The molecule has 0 radical (unpaired) electrons. The van der Waals surface area contributed by atoms with Gasteiger partial charge in [-0.1, -0.05) is 6.92 Å². The molecule has 1 spiro atoms. The molecule has 1 heterocycles. The van der Waals surface area contributed by atoms with Gasteiger partial charge in [-0.3, -0.25) is 10.1 Å². The molecule has 3 nitrogen and oxygen atoms in total. The number of nitrogens with zero attached hydrogens (tertiary/aromatic N) is 1. The summed E-state index contributed by atoms with van der Waals surface area (Å²) in [4.78, 5) is 13.7. The molecule has 74 valence electrons. The zero-order valence-corrected chi connectivity index (χ0v) is 8.47. The Morgan fingerprint density at radius 3 is 2.62 bits per heavy atom. The van der Waals surface area contributed by atoms with Crippen LogP contribution in [-0.2, 0) is 4.79 Å². The number of rotatable bonds is 1. The third-order valence-electron chi connectivity index (χ3n) is 3.55. The lowest BCUT2D eigenvalue weighted by Crippen LogP contribution is -2.48. The molecule has 1 saturated heterocycles. The van der Waals surface area contributed by atoms with Gasteiger partial charge < -0.3 is 4.90 Å². The largest absolute Gasteiger partial charge is 0.326 e. The van der Waals surface area contributed by atoms with Crippen LogP contribution >= 0.6 is 0 Å². The lowest BCUT2D eigenvalue weighted by Gasteiger charge is -2.31. The Hall–Kier alpha value is -0.570. The fourth-order valence-electron chi connectivity index (χ4n) is 2.64. The fraction of sp³-hybridized carbons (Fsp3) is 0.900. The van der Waals surface area contributed by atoms with Crippen molar-refractivity contribution in [3.63, 3.8) is 0 Å². The quantitative estimate of drug-likeness (QED) is 0.658. The Morgan fingerprint density at radius 2 is 2.15 bits per heavy atom. The van der Waals surface area contributed by atoms with Crippen LogP contribution in [0.25, 0.3) is 0 Å². The first-order chi connectivity index (χ1) is 6.19. The molecule has 2 aliphatic rings. The minimum atomic E-state index is 0.0256. The molecule has 0 unspecified atom stereocenters. The van der Waals surface area contributed by atoms with E-state index in [-0.39, 0.29) is 17.6 Å². The summed E-state index contributed by atoms with van der Waals surface area (Å²) in [7, 11) is 1.94. The van der Waals surface area contributed by atoms with Crippen LogP contribution in [0.4, 0.5) is 0 Å². The van der Waals surface area contributed by atoms with Gasteiger partial charge in [-0.05, 0) is 32.1 Å². The van der Waals surface area contributed by atoms with Crippen LogP contribution in [0.5, 0.6) is 0 Å². The molecule has 1 amide bonds. The maximum Gasteiger partial charge on any atom is 0.240 e. The molecule has 0 aromatic carbocycles. The number of hydrogen-bond acceptors (Lipinski definition) is 2. The molecule has 2 rings (SSSR count). The number of amides is 1. The normalized spacial score (nSPS) is 32.0. The molecular formula is C10H18N2O. The molecule has 1 N–H and O–H groups in total. The number of nitrogens with one attached hydrogen (secondary N) is 1. The molecule has 1 atom stereocenters. The van der Waals surface area contributed by atoms with Gasteiger partial charge in [0.2, 0.25) is 5.91 Å². The molecule has 3 heteroatoms. The van der Waals surface area contributed by atoms with Gasteiger partial charge >= 0.3 is 0 Å². The third-order valence-corrected chi connectivity index (χ3v) is 3.55. The van der Waals surface area contributed by atoms with Gasteiger partial charge in [0, 0.05) is 7.05 Å². The summed E-state index contributed by atoms with van der Waals surface area (Å²) in [5, 5.41) is 3.49. The second-order valence-electron chi connectivity index (χ2n) is 4.24. The highest BCUT2D eigenvalue weighted by Crippen LogP contribution is 2.36. The summed E-state index contributed by atoms with van der Waals surface area (Å²) in [6, 6.07) is 0.0723. The summed E-state index contributed by atoms with van der Waals surface area (Å²) >= 11 is 0. The second-order valence-corrected chi connectivity index (χ2v) is 4.24. The minimum Gasteiger partial charge on any atom is -0.326 e. The Morgan fingerprint density at radius 1 is 1.54 bits per heavy atom. The van der Waals surface area contributed by atoms with Crippen LogP contribution in [0.1, 0.15) is 39.0 Å². The van der Waals surface area contributed by atoms with Crippen molar-refractivity contribution in [2.45, 2.75) is 50.7 Å². The first-order valence-electron chi connectivity index (χ1n) is 5.25. The van der Waals surface area contributed by atoms with Crippen LogP contribution in [0, 0.1) is 0 Å². The third kappa shape index (κ3) is 1.17. The van der Waals surface area contributed by atoms with E-state index in [1.165, 1.54) is 12.8 Å². The van der Waals surface area contributed by atoms with Crippen LogP contribution in [0.2, 0.25) is 0 Å². The number of hydrogen-bond donors (Lipinski definition) is 1. The van der Waals surface area contributed by atoms with Crippen molar-refractivity contribution in [1.29, 1.82) is 0 Å². The zero-order chi connectivity index (χ0) is 9.47. The SMILES string of the molecule is CC[C@@H]1NC2(CCCC2)N(C)C1=O. The van der Waals surface area contributed by atoms with E-state index in [1.807, 2.05) is 11.9 Å². The van der Waals surface area contributed by atoms with Crippen molar-refractivity contribution >= 4 is 5.91 Å². The first kappa shape index (κ1) is 9.00. The highest BCUT2D eigenvalue weighted by molar-refractivity contribution is 5.84. The highest BCUT2D eigenvalue weighted by Gasteiger charge is 2.48. The van der Waals surface area contributed by atoms with E-state index in [2.05, 4.69) is 12.2 Å². The Balaban J connectivity index is 2.19. The average Bonchev–Trinajstić information content (AvgIpc) is 2.69. The van der Waals surface area contributed by atoms with E-state index in [9.17, 15) is 4.79 Å². The summed E-state index contributed by atoms with van der Waals surface area (Å²) in [5.41, 5.74) is 0.0256. The van der Waals surface area contributed by atoms with Crippen molar-refractivity contribution in [2.24, 2.45) is 0 Å². The van der Waals surface area contributed by atoms with E-state index in [0.29, 0.717) is 0 Å².